The minimum Gasteiger partial charge on any atom is -0.281 e. The Morgan fingerprint density at radius 1 is 1.11 bits per heavy atom. The summed E-state index contributed by atoms with van der Waals surface area (Å²) in [6.45, 7) is 0.500. The van der Waals surface area contributed by atoms with E-state index in [4.69, 9.17) is 0 Å². The summed E-state index contributed by atoms with van der Waals surface area (Å²) >= 11 is 3.38. The third-order valence-corrected chi connectivity index (χ3v) is 3.25. The zero-order valence-corrected chi connectivity index (χ0v) is 11.9. The summed E-state index contributed by atoms with van der Waals surface area (Å²) in [6, 6.07) is 8.90. The van der Waals surface area contributed by atoms with Crippen molar-refractivity contribution in [3.05, 3.63) is 35.9 Å². The van der Waals surface area contributed by atoms with Crippen LogP contribution in [0, 0.1) is 0 Å². The highest BCUT2D eigenvalue weighted by Crippen LogP contribution is 2.07. The van der Waals surface area contributed by atoms with Crippen molar-refractivity contribution < 1.29 is 9.59 Å². The molecule has 1 rings (SSSR count). The summed E-state index contributed by atoms with van der Waals surface area (Å²) in [5.74, 6) is -0.217. The Morgan fingerprint density at radius 2 is 1.78 bits per heavy atom. The second-order valence-corrected chi connectivity index (χ2v) is 4.87. The number of carbonyl (C=O) groups is 2. The minimum absolute atomic E-state index is 0.217. The van der Waals surface area contributed by atoms with Crippen molar-refractivity contribution in [1.29, 1.82) is 0 Å². The van der Waals surface area contributed by atoms with Crippen molar-refractivity contribution in [3.8, 4) is 0 Å². The molecule has 0 atom stereocenters. The van der Waals surface area contributed by atoms with E-state index in [0.717, 1.165) is 31.0 Å². The number of hydrogen-bond donors (Lipinski definition) is 0. The van der Waals surface area contributed by atoms with Crippen LogP contribution in [0.2, 0.25) is 0 Å². The van der Waals surface area contributed by atoms with Crippen molar-refractivity contribution >= 4 is 28.2 Å². The first-order valence-electron chi connectivity index (χ1n) is 6.17. The number of unbranched alkanes of at least 4 members (excludes halogenated alkanes) is 3. The first kappa shape index (κ1) is 14.9. The summed E-state index contributed by atoms with van der Waals surface area (Å²) in [7, 11) is 0. The fourth-order valence-corrected chi connectivity index (χ4v) is 2.08. The largest absolute Gasteiger partial charge is 0.281 e. The van der Waals surface area contributed by atoms with E-state index < -0.39 is 0 Å². The van der Waals surface area contributed by atoms with Crippen LogP contribution in [-0.2, 0) is 4.79 Å². The molecule has 0 aromatic heterocycles. The van der Waals surface area contributed by atoms with Crippen LogP contribution in [0.5, 0.6) is 0 Å². The van der Waals surface area contributed by atoms with E-state index in [0.29, 0.717) is 18.5 Å². The molecule has 0 saturated carbocycles. The van der Waals surface area contributed by atoms with Crippen LogP contribution in [0.25, 0.3) is 0 Å². The van der Waals surface area contributed by atoms with Gasteiger partial charge in [0.25, 0.3) is 5.91 Å². The summed E-state index contributed by atoms with van der Waals surface area (Å²) in [5.41, 5.74) is 0.560. The number of halogens is 1. The quantitative estimate of drug-likeness (QED) is 0.420. The molecule has 1 aromatic carbocycles. The molecule has 0 heterocycles. The van der Waals surface area contributed by atoms with Crippen molar-refractivity contribution in [1.82, 2.24) is 4.90 Å². The molecule has 0 saturated heterocycles. The predicted molar refractivity (Wildman–Crippen MR) is 75.8 cm³/mol. The van der Waals surface area contributed by atoms with E-state index in [9.17, 15) is 9.59 Å². The molecule has 98 valence electrons. The standard InChI is InChI=1S/C14H18BrNO2/c15-10-6-1-2-7-11-16(12-17)14(18)13-8-4-3-5-9-13/h3-5,8-9,12H,1-2,6-7,10-11H2. The van der Waals surface area contributed by atoms with Crippen LogP contribution in [0.4, 0.5) is 0 Å². The van der Waals surface area contributed by atoms with Gasteiger partial charge in [-0.25, -0.2) is 0 Å². The molecular formula is C14H18BrNO2. The fourth-order valence-electron chi connectivity index (χ4n) is 1.68. The van der Waals surface area contributed by atoms with E-state index in [-0.39, 0.29) is 5.91 Å². The van der Waals surface area contributed by atoms with Gasteiger partial charge in [-0.3, -0.25) is 14.5 Å². The van der Waals surface area contributed by atoms with E-state index in [1.54, 1.807) is 24.3 Å². The molecule has 4 heteroatoms. The van der Waals surface area contributed by atoms with E-state index in [1.165, 1.54) is 4.90 Å². The van der Waals surface area contributed by atoms with E-state index in [2.05, 4.69) is 15.9 Å². The number of benzene rings is 1. The molecule has 0 bridgehead atoms. The first-order valence-corrected chi connectivity index (χ1v) is 7.29. The maximum atomic E-state index is 12.0. The number of nitrogens with zero attached hydrogens (tertiary/aromatic N) is 1. The molecule has 0 unspecified atom stereocenters. The Hall–Kier alpha value is -1.16. The van der Waals surface area contributed by atoms with Crippen LogP contribution in [0.1, 0.15) is 36.0 Å². The third-order valence-electron chi connectivity index (χ3n) is 2.69. The number of alkyl halides is 1. The van der Waals surface area contributed by atoms with Gasteiger partial charge in [0.05, 0.1) is 0 Å². The Labute approximate surface area is 116 Å². The Morgan fingerprint density at radius 3 is 2.39 bits per heavy atom. The average Bonchev–Trinajstić information content (AvgIpc) is 2.43. The van der Waals surface area contributed by atoms with Crippen molar-refractivity contribution in [2.24, 2.45) is 0 Å². The first-order chi connectivity index (χ1) is 8.79. The van der Waals surface area contributed by atoms with Crippen LogP contribution in [0.3, 0.4) is 0 Å². The van der Waals surface area contributed by atoms with E-state index >= 15 is 0 Å². The summed E-state index contributed by atoms with van der Waals surface area (Å²) in [5, 5.41) is 1.01. The molecule has 0 radical (unpaired) electrons. The molecule has 0 aliphatic heterocycles. The number of hydrogen-bond acceptors (Lipinski definition) is 2. The predicted octanol–water partition coefficient (Wildman–Crippen LogP) is 3.24. The Kier molecular flexibility index (Phi) is 7.34. The number of rotatable bonds is 8. The lowest BCUT2D eigenvalue weighted by molar-refractivity contribution is -0.116. The maximum absolute atomic E-state index is 12.0. The normalized spacial score (nSPS) is 10.1. The minimum atomic E-state index is -0.217. The van der Waals surface area contributed by atoms with Gasteiger partial charge in [0.1, 0.15) is 0 Å². The molecule has 1 aromatic rings. The van der Waals surface area contributed by atoms with Gasteiger partial charge in [-0.1, -0.05) is 47.0 Å². The Bertz CT molecular complexity index is 367. The van der Waals surface area contributed by atoms with Crippen molar-refractivity contribution in [3.63, 3.8) is 0 Å². The van der Waals surface area contributed by atoms with Crippen LogP contribution in [0.15, 0.2) is 30.3 Å². The number of carbonyl (C=O) groups excluding carboxylic acids is 2. The van der Waals surface area contributed by atoms with Gasteiger partial charge < -0.3 is 0 Å². The lowest BCUT2D eigenvalue weighted by atomic mass is 10.1. The molecule has 18 heavy (non-hydrogen) atoms. The highest BCUT2D eigenvalue weighted by molar-refractivity contribution is 9.09. The molecule has 2 amide bonds. The molecule has 0 N–H and O–H groups in total. The molecule has 0 spiro atoms. The Balaban J connectivity index is 2.41. The topological polar surface area (TPSA) is 37.4 Å². The summed E-state index contributed by atoms with van der Waals surface area (Å²) in [6.07, 6.45) is 4.79. The molecule has 0 aliphatic rings. The van der Waals surface area contributed by atoms with Crippen LogP contribution >= 0.6 is 15.9 Å². The van der Waals surface area contributed by atoms with Gasteiger partial charge in [-0.15, -0.1) is 0 Å². The van der Waals surface area contributed by atoms with Gasteiger partial charge in [-0.05, 0) is 25.0 Å². The van der Waals surface area contributed by atoms with Crippen molar-refractivity contribution in [2.45, 2.75) is 25.7 Å². The third kappa shape index (κ3) is 5.00. The smallest absolute Gasteiger partial charge is 0.260 e. The average molecular weight is 312 g/mol. The number of amides is 2. The summed E-state index contributed by atoms with van der Waals surface area (Å²) in [4.78, 5) is 24.2. The molecule has 0 fully saturated rings. The zero-order valence-electron chi connectivity index (χ0n) is 10.3. The second-order valence-electron chi connectivity index (χ2n) is 4.07. The van der Waals surface area contributed by atoms with Gasteiger partial charge in [0.2, 0.25) is 6.41 Å². The fraction of sp³-hybridized carbons (Fsp3) is 0.429. The van der Waals surface area contributed by atoms with Crippen molar-refractivity contribution in [2.75, 3.05) is 11.9 Å². The highest BCUT2D eigenvalue weighted by Gasteiger charge is 2.13. The van der Waals surface area contributed by atoms with Crippen LogP contribution in [-0.4, -0.2) is 29.1 Å². The zero-order chi connectivity index (χ0) is 13.2. The highest BCUT2D eigenvalue weighted by atomic mass is 79.9. The lowest BCUT2D eigenvalue weighted by Gasteiger charge is -2.15. The number of imide groups is 1. The maximum Gasteiger partial charge on any atom is 0.260 e. The summed E-state index contributed by atoms with van der Waals surface area (Å²) < 4.78 is 0. The van der Waals surface area contributed by atoms with Crippen LogP contribution < -0.4 is 0 Å². The molecular weight excluding hydrogens is 294 g/mol. The second kappa shape index (κ2) is 8.86. The van der Waals surface area contributed by atoms with Gasteiger partial charge >= 0.3 is 0 Å². The monoisotopic (exact) mass is 311 g/mol. The molecule has 0 aliphatic carbocycles. The van der Waals surface area contributed by atoms with Gasteiger partial charge in [0, 0.05) is 17.4 Å². The van der Waals surface area contributed by atoms with E-state index in [1.807, 2.05) is 6.07 Å². The lowest BCUT2D eigenvalue weighted by Crippen LogP contribution is -2.30. The van der Waals surface area contributed by atoms with Gasteiger partial charge in [0.15, 0.2) is 0 Å². The molecule has 3 nitrogen and oxygen atoms in total. The van der Waals surface area contributed by atoms with Gasteiger partial charge in [-0.2, -0.15) is 0 Å². The SMILES string of the molecule is O=CN(CCCCCCBr)C(=O)c1ccccc1.